The van der Waals surface area contributed by atoms with Crippen LogP contribution >= 0.6 is 0 Å². The minimum atomic E-state index is -0.414. The topological polar surface area (TPSA) is 77.3 Å². The Balaban J connectivity index is 2.63. The van der Waals surface area contributed by atoms with Gasteiger partial charge in [-0.3, -0.25) is 0 Å². The monoisotopic (exact) mass is 249 g/mol. The van der Waals surface area contributed by atoms with E-state index in [2.05, 4.69) is 15.3 Å². The summed E-state index contributed by atoms with van der Waals surface area (Å²) in [7, 11) is 0. The summed E-state index contributed by atoms with van der Waals surface area (Å²) in [5.74, 6) is 0.660. The summed E-state index contributed by atoms with van der Waals surface area (Å²) >= 11 is 0. The van der Waals surface area contributed by atoms with E-state index in [1.54, 1.807) is 13.8 Å². The van der Waals surface area contributed by atoms with Crippen LogP contribution in [0.15, 0.2) is 10.7 Å². The van der Waals surface area contributed by atoms with E-state index in [1.165, 1.54) is 6.33 Å². The van der Waals surface area contributed by atoms with Gasteiger partial charge >= 0.3 is 5.97 Å². The van der Waals surface area contributed by atoms with Crippen LogP contribution in [0.5, 0.6) is 0 Å². The summed E-state index contributed by atoms with van der Waals surface area (Å²) in [5, 5.41) is 3.66. The second-order valence-electron chi connectivity index (χ2n) is 3.69. The molecule has 0 aliphatic carbocycles. The molecule has 0 spiro atoms. The zero-order valence-corrected chi connectivity index (χ0v) is 10.6. The van der Waals surface area contributed by atoms with Crippen LogP contribution in [-0.2, 0) is 4.74 Å². The molecule has 0 fully saturated rings. The minimum absolute atomic E-state index is 0.315. The van der Waals surface area contributed by atoms with Gasteiger partial charge in [-0.05, 0) is 20.8 Å². The first-order chi connectivity index (χ1) is 8.69. The SMILES string of the molecule is CCNc1ncnc2oc(C)c(C(=O)OCC)c12. The van der Waals surface area contributed by atoms with Gasteiger partial charge in [0.15, 0.2) is 0 Å². The normalized spacial score (nSPS) is 10.6. The van der Waals surface area contributed by atoms with Gasteiger partial charge in [0.2, 0.25) is 5.71 Å². The highest BCUT2D eigenvalue weighted by Crippen LogP contribution is 2.29. The first-order valence-electron chi connectivity index (χ1n) is 5.84. The molecule has 0 aliphatic rings. The van der Waals surface area contributed by atoms with Gasteiger partial charge in [0.25, 0.3) is 0 Å². The third-order valence-electron chi connectivity index (χ3n) is 2.49. The molecule has 0 bridgehead atoms. The molecule has 2 heterocycles. The molecule has 0 unspecified atom stereocenters. The molecule has 18 heavy (non-hydrogen) atoms. The van der Waals surface area contributed by atoms with Crippen molar-refractivity contribution in [1.29, 1.82) is 0 Å². The van der Waals surface area contributed by atoms with Crippen molar-refractivity contribution in [2.75, 3.05) is 18.5 Å². The number of aryl methyl sites for hydroxylation is 1. The number of esters is 1. The average molecular weight is 249 g/mol. The lowest BCUT2D eigenvalue weighted by molar-refractivity contribution is 0.0526. The first kappa shape index (κ1) is 12.3. The molecule has 0 aliphatic heterocycles. The minimum Gasteiger partial charge on any atom is -0.462 e. The van der Waals surface area contributed by atoms with E-state index < -0.39 is 5.97 Å². The van der Waals surface area contributed by atoms with Crippen molar-refractivity contribution < 1.29 is 13.9 Å². The maximum Gasteiger partial charge on any atom is 0.342 e. The van der Waals surface area contributed by atoms with Crippen LogP contribution in [-0.4, -0.2) is 29.1 Å². The lowest BCUT2D eigenvalue weighted by Gasteiger charge is -2.04. The molecule has 0 radical (unpaired) electrons. The number of carbonyl (C=O) groups excluding carboxylic acids is 1. The molecule has 2 aromatic rings. The number of nitrogens with one attached hydrogen (secondary N) is 1. The summed E-state index contributed by atoms with van der Waals surface area (Å²) in [6.07, 6.45) is 1.40. The number of anilines is 1. The van der Waals surface area contributed by atoms with Crippen LogP contribution in [0.25, 0.3) is 11.1 Å². The number of carbonyl (C=O) groups is 1. The predicted molar refractivity (Wildman–Crippen MR) is 66.7 cm³/mol. The Hall–Kier alpha value is -2.11. The summed E-state index contributed by atoms with van der Waals surface area (Å²) < 4.78 is 10.5. The number of hydrogen-bond acceptors (Lipinski definition) is 6. The van der Waals surface area contributed by atoms with Crippen LogP contribution in [0, 0.1) is 6.92 Å². The van der Waals surface area contributed by atoms with Crippen LogP contribution < -0.4 is 5.32 Å². The zero-order chi connectivity index (χ0) is 13.1. The molecule has 0 amide bonds. The van der Waals surface area contributed by atoms with Gasteiger partial charge in [-0.15, -0.1) is 0 Å². The van der Waals surface area contributed by atoms with Gasteiger partial charge in [-0.2, -0.15) is 0 Å². The average Bonchev–Trinajstić information content (AvgIpc) is 2.67. The van der Waals surface area contributed by atoms with Gasteiger partial charge in [-0.1, -0.05) is 0 Å². The van der Waals surface area contributed by atoms with Crippen molar-refractivity contribution >= 4 is 22.9 Å². The van der Waals surface area contributed by atoms with Crippen LogP contribution in [0.4, 0.5) is 5.82 Å². The maximum absolute atomic E-state index is 11.9. The van der Waals surface area contributed by atoms with Crippen LogP contribution in [0.1, 0.15) is 30.0 Å². The van der Waals surface area contributed by atoms with E-state index in [1.807, 2.05) is 6.92 Å². The standard InChI is InChI=1S/C12H15N3O3/c1-4-13-10-9-8(12(16)17-5-2)7(3)18-11(9)15-6-14-10/h6H,4-5H2,1-3H3,(H,13,14,15). The molecule has 1 N–H and O–H groups in total. The summed E-state index contributed by atoms with van der Waals surface area (Å²) in [6.45, 7) is 6.43. The van der Waals surface area contributed by atoms with Crippen molar-refractivity contribution in [2.45, 2.75) is 20.8 Å². The first-order valence-corrected chi connectivity index (χ1v) is 5.84. The lowest BCUT2D eigenvalue weighted by Crippen LogP contribution is -2.07. The van der Waals surface area contributed by atoms with Gasteiger partial charge in [0.05, 0.1) is 12.0 Å². The van der Waals surface area contributed by atoms with E-state index >= 15 is 0 Å². The third kappa shape index (κ3) is 2.01. The second kappa shape index (κ2) is 5.03. The number of rotatable bonds is 4. The molecule has 0 saturated carbocycles. The molecule has 96 valence electrons. The van der Waals surface area contributed by atoms with E-state index in [4.69, 9.17) is 9.15 Å². The quantitative estimate of drug-likeness (QED) is 0.836. The van der Waals surface area contributed by atoms with Crippen LogP contribution in [0.2, 0.25) is 0 Å². The number of hydrogen-bond donors (Lipinski definition) is 1. The van der Waals surface area contributed by atoms with E-state index in [0.717, 1.165) is 0 Å². The van der Waals surface area contributed by atoms with Crippen molar-refractivity contribution in [2.24, 2.45) is 0 Å². The highest BCUT2D eigenvalue weighted by atomic mass is 16.5. The van der Waals surface area contributed by atoms with Gasteiger partial charge in [0, 0.05) is 6.54 Å². The molecule has 0 aromatic carbocycles. The Morgan fingerprint density at radius 2 is 2.22 bits per heavy atom. The molecule has 2 aromatic heterocycles. The highest BCUT2D eigenvalue weighted by molar-refractivity contribution is 6.07. The smallest absolute Gasteiger partial charge is 0.342 e. The summed E-state index contributed by atoms with van der Waals surface area (Å²) in [6, 6.07) is 0. The summed E-state index contributed by atoms with van der Waals surface area (Å²) in [4.78, 5) is 20.1. The Bertz CT molecular complexity index is 577. The number of fused-ring (bicyclic) bond motifs is 1. The largest absolute Gasteiger partial charge is 0.462 e. The Labute approximate surface area is 104 Å². The van der Waals surface area contributed by atoms with Crippen molar-refractivity contribution in [3.63, 3.8) is 0 Å². The van der Waals surface area contributed by atoms with E-state index in [9.17, 15) is 4.79 Å². The summed E-state index contributed by atoms with van der Waals surface area (Å²) in [5.41, 5.74) is 0.782. The van der Waals surface area contributed by atoms with Gasteiger partial charge in [0.1, 0.15) is 23.5 Å². The fraction of sp³-hybridized carbons (Fsp3) is 0.417. The molecule has 0 atom stereocenters. The molecule has 2 rings (SSSR count). The molecule has 6 nitrogen and oxygen atoms in total. The van der Waals surface area contributed by atoms with E-state index in [0.29, 0.717) is 41.4 Å². The third-order valence-corrected chi connectivity index (χ3v) is 2.49. The van der Waals surface area contributed by atoms with Crippen molar-refractivity contribution in [3.05, 3.63) is 17.7 Å². The molecule has 6 heteroatoms. The number of aromatic nitrogens is 2. The number of furan rings is 1. The van der Waals surface area contributed by atoms with Crippen LogP contribution in [0.3, 0.4) is 0 Å². The fourth-order valence-corrected chi connectivity index (χ4v) is 1.79. The van der Waals surface area contributed by atoms with Gasteiger partial charge < -0.3 is 14.5 Å². The number of ether oxygens (including phenoxy) is 1. The van der Waals surface area contributed by atoms with Crippen molar-refractivity contribution in [1.82, 2.24) is 9.97 Å². The molecular weight excluding hydrogens is 234 g/mol. The second-order valence-corrected chi connectivity index (χ2v) is 3.69. The highest BCUT2D eigenvalue weighted by Gasteiger charge is 2.23. The number of nitrogens with zero attached hydrogens (tertiary/aromatic N) is 2. The van der Waals surface area contributed by atoms with Crippen molar-refractivity contribution in [3.8, 4) is 0 Å². The predicted octanol–water partition coefficient (Wildman–Crippen LogP) is 2.14. The lowest BCUT2D eigenvalue weighted by atomic mass is 10.2. The zero-order valence-electron chi connectivity index (χ0n) is 10.6. The Morgan fingerprint density at radius 3 is 2.89 bits per heavy atom. The van der Waals surface area contributed by atoms with E-state index in [-0.39, 0.29) is 0 Å². The molecular formula is C12H15N3O3. The molecule has 0 saturated heterocycles. The Kier molecular flexibility index (Phi) is 3.45. The van der Waals surface area contributed by atoms with Gasteiger partial charge in [-0.25, -0.2) is 14.8 Å². The Morgan fingerprint density at radius 1 is 1.44 bits per heavy atom. The maximum atomic E-state index is 11.9. The fourth-order valence-electron chi connectivity index (χ4n) is 1.79.